The number of hydrogen-bond acceptors (Lipinski definition) is 4. The highest BCUT2D eigenvalue weighted by Crippen LogP contribution is 2.49. The van der Waals surface area contributed by atoms with E-state index in [1.807, 2.05) is 0 Å². The van der Waals surface area contributed by atoms with Crippen molar-refractivity contribution in [3.05, 3.63) is 0 Å². The second-order valence-corrected chi connectivity index (χ2v) is 9.53. The number of rotatable bonds is 11. The van der Waals surface area contributed by atoms with Crippen LogP contribution in [-0.2, 0) is 9.59 Å². The van der Waals surface area contributed by atoms with Gasteiger partial charge >= 0.3 is 0 Å². The van der Waals surface area contributed by atoms with Gasteiger partial charge in [0.1, 0.15) is 11.6 Å². The van der Waals surface area contributed by atoms with Gasteiger partial charge in [-0.25, -0.2) is 0 Å². The van der Waals surface area contributed by atoms with Crippen molar-refractivity contribution in [3.63, 3.8) is 0 Å². The zero-order chi connectivity index (χ0) is 19.9. The molecule has 1 saturated carbocycles. The summed E-state index contributed by atoms with van der Waals surface area (Å²) in [7, 11) is 4.26. The maximum atomic E-state index is 13.1. The lowest BCUT2D eigenvalue weighted by Gasteiger charge is -2.42. The van der Waals surface area contributed by atoms with Gasteiger partial charge in [0.05, 0.1) is 5.41 Å². The van der Waals surface area contributed by atoms with Crippen molar-refractivity contribution in [3.8, 4) is 0 Å². The standard InChI is InChI=1S/C23H42N2O2/c1-5-11-23(12-6-2)20(26)17-22(18-21(23)27)13-16-25(19-22)15-10-8-7-9-14-24(3)4/h5-19H2,1-4H3. The first-order valence-corrected chi connectivity index (χ1v) is 11.3. The number of Topliss-reactive ketones (excluding diaryl/α,β-unsaturated/α-hetero) is 2. The molecule has 0 amide bonds. The molecule has 0 N–H and O–H groups in total. The minimum atomic E-state index is -0.644. The van der Waals surface area contributed by atoms with Crippen LogP contribution < -0.4 is 0 Å². The number of carbonyl (C=O) groups is 2. The van der Waals surface area contributed by atoms with Crippen molar-refractivity contribution in [1.82, 2.24) is 9.80 Å². The van der Waals surface area contributed by atoms with Crippen LogP contribution in [0.5, 0.6) is 0 Å². The number of carbonyl (C=O) groups excluding carboxylic acids is 2. The first-order chi connectivity index (χ1) is 12.9. The highest BCUT2D eigenvalue weighted by Gasteiger charge is 2.54. The van der Waals surface area contributed by atoms with Gasteiger partial charge in [0.2, 0.25) is 0 Å². The second-order valence-electron chi connectivity index (χ2n) is 9.53. The summed E-state index contributed by atoms with van der Waals surface area (Å²) >= 11 is 0. The van der Waals surface area contributed by atoms with Gasteiger partial charge < -0.3 is 9.80 Å². The quantitative estimate of drug-likeness (QED) is 0.397. The first kappa shape index (κ1) is 22.5. The van der Waals surface area contributed by atoms with Crippen LogP contribution in [0.1, 0.15) is 84.5 Å². The van der Waals surface area contributed by atoms with Crippen LogP contribution in [0.3, 0.4) is 0 Å². The summed E-state index contributed by atoms with van der Waals surface area (Å²) in [5, 5.41) is 0. The van der Waals surface area contributed by atoms with E-state index >= 15 is 0 Å². The molecule has 0 radical (unpaired) electrons. The zero-order valence-corrected chi connectivity index (χ0v) is 18.3. The molecule has 1 aliphatic heterocycles. The molecule has 1 saturated heterocycles. The van der Waals surface area contributed by atoms with Crippen molar-refractivity contribution >= 4 is 11.6 Å². The van der Waals surface area contributed by atoms with Gasteiger partial charge in [-0.15, -0.1) is 0 Å². The molecule has 0 aromatic carbocycles. The van der Waals surface area contributed by atoms with Gasteiger partial charge in [-0.2, -0.15) is 0 Å². The largest absolute Gasteiger partial charge is 0.309 e. The Morgan fingerprint density at radius 1 is 0.926 bits per heavy atom. The molecular weight excluding hydrogens is 336 g/mol. The number of ketones is 2. The molecule has 0 aromatic heterocycles. The molecule has 1 heterocycles. The fraction of sp³-hybridized carbons (Fsp3) is 0.913. The Balaban J connectivity index is 1.83. The predicted molar refractivity (Wildman–Crippen MR) is 112 cm³/mol. The fourth-order valence-corrected chi connectivity index (χ4v) is 5.40. The van der Waals surface area contributed by atoms with E-state index in [0.717, 1.165) is 51.7 Å². The van der Waals surface area contributed by atoms with Crippen LogP contribution in [0.2, 0.25) is 0 Å². The van der Waals surface area contributed by atoms with Crippen molar-refractivity contribution in [2.45, 2.75) is 84.5 Å². The third-order valence-corrected chi connectivity index (χ3v) is 6.84. The Morgan fingerprint density at radius 2 is 1.52 bits per heavy atom. The summed E-state index contributed by atoms with van der Waals surface area (Å²) in [6.45, 7) is 8.51. The lowest BCUT2D eigenvalue weighted by Crippen LogP contribution is -2.50. The van der Waals surface area contributed by atoms with Gasteiger partial charge in [-0.05, 0) is 71.2 Å². The number of unbranched alkanes of at least 4 members (excludes halogenated alkanes) is 3. The van der Waals surface area contributed by atoms with Crippen LogP contribution in [0.25, 0.3) is 0 Å². The van der Waals surface area contributed by atoms with Crippen molar-refractivity contribution in [2.75, 3.05) is 40.3 Å². The van der Waals surface area contributed by atoms with E-state index in [1.54, 1.807) is 0 Å². The summed E-state index contributed by atoms with van der Waals surface area (Å²) in [5.74, 6) is 0.515. The average molecular weight is 379 g/mol. The van der Waals surface area contributed by atoms with Crippen LogP contribution in [0.4, 0.5) is 0 Å². The van der Waals surface area contributed by atoms with Crippen LogP contribution in [0, 0.1) is 10.8 Å². The van der Waals surface area contributed by atoms with Gasteiger partial charge in [0.25, 0.3) is 0 Å². The fourth-order valence-electron chi connectivity index (χ4n) is 5.40. The number of nitrogens with zero attached hydrogens (tertiary/aromatic N) is 2. The molecule has 156 valence electrons. The van der Waals surface area contributed by atoms with Gasteiger partial charge in [0.15, 0.2) is 0 Å². The molecular formula is C23H42N2O2. The molecule has 0 atom stereocenters. The minimum Gasteiger partial charge on any atom is -0.309 e. The molecule has 0 bridgehead atoms. The molecule has 2 rings (SSSR count). The monoisotopic (exact) mass is 378 g/mol. The Morgan fingerprint density at radius 3 is 2.07 bits per heavy atom. The van der Waals surface area contributed by atoms with E-state index in [2.05, 4.69) is 37.7 Å². The topological polar surface area (TPSA) is 40.6 Å². The van der Waals surface area contributed by atoms with E-state index in [9.17, 15) is 9.59 Å². The molecule has 2 aliphatic rings. The predicted octanol–water partition coefficient (Wildman–Crippen LogP) is 4.32. The van der Waals surface area contributed by atoms with Gasteiger partial charge in [-0.1, -0.05) is 39.5 Å². The third-order valence-electron chi connectivity index (χ3n) is 6.84. The average Bonchev–Trinajstić information content (AvgIpc) is 2.98. The molecule has 4 nitrogen and oxygen atoms in total. The van der Waals surface area contributed by atoms with Crippen LogP contribution in [0.15, 0.2) is 0 Å². The summed E-state index contributed by atoms with van der Waals surface area (Å²) in [5.41, 5.74) is -0.696. The number of hydrogen-bond donors (Lipinski definition) is 0. The second kappa shape index (κ2) is 10.2. The first-order valence-electron chi connectivity index (χ1n) is 11.3. The summed E-state index contributed by atoms with van der Waals surface area (Å²) in [6, 6.07) is 0. The Hall–Kier alpha value is -0.740. The Labute approximate surface area is 167 Å². The zero-order valence-electron chi connectivity index (χ0n) is 18.3. The molecule has 1 aliphatic carbocycles. The molecule has 2 fully saturated rings. The normalized spacial score (nSPS) is 22.3. The van der Waals surface area contributed by atoms with Crippen molar-refractivity contribution in [2.24, 2.45) is 10.8 Å². The summed E-state index contributed by atoms with van der Waals surface area (Å²) < 4.78 is 0. The lowest BCUT2D eigenvalue weighted by molar-refractivity contribution is -0.150. The van der Waals surface area contributed by atoms with Crippen LogP contribution >= 0.6 is 0 Å². The molecule has 0 unspecified atom stereocenters. The summed E-state index contributed by atoms with van der Waals surface area (Å²) in [6.07, 6.45) is 10.7. The maximum absolute atomic E-state index is 13.1. The minimum absolute atomic E-state index is 0.0515. The van der Waals surface area contributed by atoms with Gasteiger partial charge in [-0.3, -0.25) is 9.59 Å². The van der Waals surface area contributed by atoms with E-state index in [4.69, 9.17) is 0 Å². The molecule has 27 heavy (non-hydrogen) atoms. The Kier molecular flexibility index (Phi) is 8.48. The van der Waals surface area contributed by atoms with E-state index in [1.165, 1.54) is 32.2 Å². The van der Waals surface area contributed by atoms with Gasteiger partial charge in [0, 0.05) is 19.4 Å². The van der Waals surface area contributed by atoms with Crippen molar-refractivity contribution < 1.29 is 9.59 Å². The SMILES string of the molecule is CCCC1(CCC)C(=O)CC2(CCN(CCCCCCN(C)C)C2)CC1=O. The summed E-state index contributed by atoms with van der Waals surface area (Å²) in [4.78, 5) is 31.0. The van der Waals surface area contributed by atoms with Crippen molar-refractivity contribution in [1.29, 1.82) is 0 Å². The Bertz CT molecular complexity index is 475. The molecule has 0 aromatic rings. The highest BCUT2D eigenvalue weighted by atomic mass is 16.2. The lowest BCUT2D eigenvalue weighted by atomic mass is 9.59. The smallest absolute Gasteiger partial charge is 0.147 e. The molecule has 4 heteroatoms. The van der Waals surface area contributed by atoms with E-state index < -0.39 is 5.41 Å². The van der Waals surface area contributed by atoms with E-state index in [-0.39, 0.29) is 17.0 Å². The maximum Gasteiger partial charge on any atom is 0.147 e. The molecule has 1 spiro atoms. The number of likely N-dealkylation sites (tertiary alicyclic amines) is 1. The van der Waals surface area contributed by atoms with E-state index in [0.29, 0.717) is 12.8 Å². The van der Waals surface area contributed by atoms with Crippen LogP contribution in [-0.4, -0.2) is 61.6 Å². The third kappa shape index (κ3) is 5.63. The highest BCUT2D eigenvalue weighted by molar-refractivity contribution is 6.09.